The Hall–Kier alpha value is -2.61. The van der Waals surface area contributed by atoms with Gasteiger partial charge in [-0.2, -0.15) is 0 Å². The highest BCUT2D eigenvalue weighted by Gasteiger charge is 2.39. The second-order valence-corrected chi connectivity index (χ2v) is 7.48. The highest BCUT2D eigenvalue weighted by atomic mass is 16.4. The number of furan rings is 1. The quantitative estimate of drug-likeness (QED) is 0.852. The van der Waals surface area contributed by atoms with E-state index in [0.29, 0.717) is 25.2 Å². The minimum atomic E-state index is -1.09. The van der Waals surface area contributed by atoms with Gasteiger partial charge in [-0.25, -0.2) is 9.78 Å². The van der Waals surface area contributed by atoms with Crippen molar-refractivity contribution in [2.24, 2.45) is 5.92 Å². The number of hydrogen-bond acceptors (Lipinski definition) is 5. The van der Waals surface area contributed by atoms with Crippen LogP contribution in [0.5, 0.6) is 0 Å². The highest BCUT2D eigenvalue weighted by Crippen LogP contribution is 2.29. The number of H-pyrrole nitrogens is 1. The van der Waals surface area contributed by atoms with E-state index in [1.807, 2.05) is 6.07 Å². The summed E-state index contributed by atoms with van der Waals surface area (Å²) < 4.78 is 5.77. The normalized spacial score (nSPS) is 21.2. The number of fused-ring (bicyclic) bond motifs is 1. The van der Waals surface area contributed by atoms with Crippen molar-refractivity contribution < 1.29 is 19.1 Å². The molecule has 4 rings (SSSR count). The molecule has 0 bridgehead atoms. The van der Waals surface area contributed by atoms with E-state index in [2.05, 4.69) is 21.8 Å². The van der Waals surface area contributed by atoms with Crippen LogP contribution in [0.15, 0.2) is 22.9 Å². The van der Waals surface area contributed by atoms with Gasteiger partial charge in [0.25, 0.3) is 5.91 Å². The largest absolute Gasteiger partial charge is 0.479 e. The molecule has 8 nitrogen and oxygen atoms in total. The van der Waals surface area contributed by atoms with Gasteiger partial charge < -0.3 is 19.4 Å². The van der Waals surface area contributed by atoms with Crippen LogP contribution in [0.1, 0.15) is 53.5 Å². The van der Waals surface area contributed by atoms with E-state index in [1.54, 1.807) is 6.07 Å². The second-order valence-electron chi connectivity index (χ2n) is 7.48. The molecule has 1 atom stereocenters. The first-order valence-corrected chi connectivity index (χ1v) is 9.40. The number of carbonyl (C=O) groups is 2. The van der Waals surface area contributed by atoms with Crippen molar-refractivity contribution in [1.29, 1.82) is 0 Å². The summed E-state index contributed by atoms with van der Waals surface area (Å²) in [6, 6.07) is 2.36. The molecule has 1 saturated heterocycles. The number of imidazole rings is 1. The van der Waals surface area contributed by atoms with Gasteiger partial charge in [0.15, 0.2) is 11.8 Å². The molecule has 0 saturated carbocycles. The average molecular weight is 372 g/mol. The minimum Gasteiger partial charge on any atom is -0.479 e. The molecular formula is C19H24N4O4. The Kier molecular flexibility index (Phi) is 4.73. The molecule has 27 heavy (non-hydrogen) atoms. The standard InChI is InChI=1S/C19H24N4O4/c1-12-4-7-22(8-5-12)10-13-2-3-15(27-13)18(24)23-9-6-14-16(21-11-20-14)17(23)19(25)26/h2-3,11-12,17H,4-10H2,1H3,(H,20,21)(H,25,26). The van der Waals surface area contributed by atoms with Crippen LogP contribution in [0.4, 0.5) is 0 Å². The van der Waals surface area contributed by atoms with E-state index < -0.39 is 17.9 Å². The van der Waals surface area contributed by atoms with Gasteiger partial charge in [0.05, 0.1) is 18.6 Å². The number of nitrogens with one attached hydrogen (secondary N) is 1. The van der Waals surface area contributed by atoms with Crippen LogP contribution >= 0.6 is 0 Å². The number of carbonyl (C=O) groups excluding carboxylic acids is 1. The van der Waals surface area contributed by atoms with E-state index in [-0.39, 0.29) is 5.76 Å². The molecule has 0 aliphatic carbocycles. The summed E-state index contributed by atoms with van der Waals surface area (Å²) in [6.45, 7) is 5.31. The molecule has 1 amide bonds. The number of aromatic nitrogens is 2. The predicted octanol–water partition coefficient (Wildman–Crippen LogP) is 2.06. The lowest BCUT2D eigenvalue weighted by atomic mass is 9.99. The highest BCUT2D eigenvalue weighted by molar-refractivity contribution is 5.95. The second kappa shape index (κ2) is 7.19. The fourth-order valence-corrected chi connectivity index (χ4v) is 3.91. The van der Waals surface area contributed by atoms with Gasteiger partial charge in [-0.1, -0.05) is 6.92 Å². The van der Waals surface area contributed by atoms with Gasteiger partial charge in [-0.15, -0.1) is 0 Å². The summed E-state index contributed by atoms with van der Waals surface area (Å²) in [7, 11) is 0. The Morgan fingerprint density at radius 1 is 1.30 bits per heavy atom. The number of aliphatic carboxylic acids is 1. The molecule has 144 valence electrons. The Morgan fingerprint density at radius 2 is 2.07 bits per heavy atom. The van der Waals surface area contributed by atoms with Gasteiger partial charge >= 0.3 is 5.97 Å². The summed E-state index contributed by atoms with van der Waals surface area (Å²) in [5.41, 5.74) is 1.17. The van der Waals surface area contributed by atoms with Crippen molar-refractivity contribution in [3.8, 4) is 0 Å². The Morgan fingerprint density at radius 3 is 2.81 bits per heavy atom. The third kappa shape index (κ3) is 3.49. The maximum Gasteiger partial charge on any atom is 0.332 e. The number of likely N-dealkylation sites (tertiary alicyclic amines) is 1. The zero-order valence-corrected chi connectivity index (χ0v) is 15.4. The first kappa shape index (κ1) is 17.8. The molecule has 1 unspecified atom stereocenters. The van der Waals surface area contributed by atoms with Crippen molar-refractivity contribution in [3.05, 3.63) is 41.4 Å². The smallest absolute Gasteiger partial charge is 0.332 e. The van der Waals surface area contributed by atoms with Gasteiger partial charge in [-0.3, -0.25) is 9.69 Å². The van der Waals surface area contributed by atoms with Crippen molar-refractivity contribution in [1.82, 2.24) is 19.8 Å². The molecule has 4 heterocycles. The van der Waals surface area contributed by atoms with Crippen molar-refractivity contribution in [2.75, 3.05) is 19.6 Å². The zero-order valence-electron chi connectivity index (χ0n) is 15.4. The number of amides is 1. The van der Waals surface area contributed by atoms with E-state index in [1.165, 1.54) is 24.1 Å². The molecule has 2 aliphatic rings. The monoisotopic (exact) mass is 372 g/mol. The lowest BCUT2D eigenvalue weighted by Crippen LogP contribution is -2.43. The summed E-state index contributed by atoms with van der Waals surface area (Å²) in [5.74, 6) is 0.173. The van der Waals surface area contributed by atoms with Crippen LogP contribution < -0.4 is 0 Å². The lowest BCUT2D eigenvalue weighted by molar-refractivity contribution is -0.143. The number of nitrogens with zero attached hydrogens (tertiary/aromatic N) is 3. The fraction of sp³-hybridized carbons (Fsp3) is 0.526. The third-order valence-corrected chi connectivity index (χ3v) is 5.55. The average Bonchev–Trinajstić information content (AvgIpc) is 3.31. The number of carboxylic acid groups (broad SMARTS) is 1. The van der Waals surface area contributed by atoms with Crippen LogP contribution in [0.3, 0.4) is 0 Å². The van der Waals surface area contributed by atoms with Gasteiger partial charge in [0.2, 0.25) is 0 Å². The van der Waals surface area contributed by atoms with Crippen LogP contribution in [0.25, 0.3) is 0 Å². The summed E-state index contributed by atoms with van der Waals surface area (Å²) >= 11 is 0. The molecule has 0 radical (unpaired) electrons. The maximum atomic E-state index is 12.9. The number of hydrogen-bond donors (Lipinski definition) is 2. The molecule has 8 heteroatoms. The number of aromatic amines is 1. The van der Waals surface area contributed by atoms with Crippen LogP contribution in [0.2, 0.25) is 0 Å². The first-order valence-electron chi connectivity index (χ1n) is 9.40. The van der Waals surface area contributed by atoms with Crippen LogP contribution in [-0.2, 0) is 17.8 Å². The zero-order chi connectivity index (χ0) is 19.0. The molecule has 2 N–H and O–H groups in total. The van der Waals surface area contributed by atoms with Crippen molar-refractivity contribution >= 4 is 11.9 Å². The van der Waals surface area contributed by atoms with Crippen LogP contribution in [0, 0.1) is 5.92 Å². The number of piperidine rings is 1. The van der Waals surface area contributed by atoms with E-state index >= 15 is 0 Å². The number of carboxylic acids is 1. The Labute approximate surface area is 157 Å². The predicted molar refractivity (Wildman–Crippen MR) is 96.1 cm³/mol. The SMILES string of the molecule is CC1CCN(Cc2ccc(C(=O)N3CCc4[nH]cnc4C3C(=O)O)o2)CC1. The molecular weight excluding hydrogens is 348 g/mol. The first-order chi connectivity index (χ1) is 13.0. The number of rotatable bonds is 4. The minimum absolute atomic E-state index is 0.181. The summed E-state index contributed by atoms with van der Waals surface area (Å²) in [5, 5.41) is 9.63. The maximum absolute atomic E-state index is 12.9. The molecule has 2 aromatic rings. The molecule has 0 spiro atoms. The van der Waals surface area contributed by atoms with Crippen molar-refractivity contribution in [2.45, 2.75) is 38.8 Å². The van der Waals surface area contributed by atoms with Gasteiger partial charge in [-0.05, 0) is 44.0 Å². The molecule has 0 aromatic carbocycles. The Balaban J connectivity index is 1.48. The Bertz CT molecular complexity index is 834. The van der Waals surface area contributed by atoms with Gasteiger partial charge in [0.1, 0.15) is 5.76 Å². The molecule has 2 aliphatic heterocycles. The lowest BCUT2D eigenvalue weighted by Gasteiger charge is -2.31. The third-order valence-electron chi connectivity index (χ3n) is 5.55. The van der Waals surface area contributed by atoms with Crippen molar-refractivity contribution in [3.63, 3.8) is 0 Å². The fourth-order valence-electron chi connectivity index (χ4n) is 3.91. The molecule has 2 aromatic heterocycles. The topological polar surface area (TPSA) is 103 Å². The van der Waals surface area contributed by atoms with Gasteiger partial charge in [0, 0.05) is 18.7 Å². The summed E-state index contributed by atoms with van der Waals surface area (Å²) in [4.78, 5) is 35.4. The molecule has 1 fully saturated rings. The van der Waals surface area contributed by atoms with Crippen LogP contribution in [-0.4, -0.2) is 56.4 Å². The van der Waals surface area contributed by atoms with E-state index in [9.17, 15) is 14.7 Å². The van der Waals surface area contributed by atoms with E-state index in [0.717, 1.165) is 30.5 Å². The van der Waals surface area contributed by atoms with E-state index in [4.69, 9.17) is 4.42 Å². The summed E-state index contributed by atoms with van der Waals surface area (Å²) in [6.07, 6.45) is 4.36.